The minimum Gasteiger partial charge on any atom is -0.497 e. The van der Waals surface area contributed by atoms with Crippen molar-refractivity contribution in [1.82, 2.24) is 10.2 Å². The van der Waals surface area contributed by atoms with Crippen LogP contribution in [0.3, 0.4) is 0 Å². The zero-order chi connectivity index (χ0) is 20.6. The highest BCUT2D eigenvalue weighted by Crippen LogP contribution is 2.16. The molecule has 1 aliphatic heterocycles. The topological polar surface area (TPSA) is 61.9 Å². The number of hydrogen-bond acceptors (Lipinski definition) is 4. The van der Waals surface area contributed by atoms with Crippen molar-refractivity contribution in [3.63, 3.8) is 0 Å². The van der Waals surface area contributed by atoms with Crippen molar-refractivity contribution in [2.24, 2.45) is 0 Å². The van der Waals surface area contributed by atoms with E-state index in [1.54, 1.807) is 20.1 Å². The first-order valence-corrected chi connectivity index (χ1v) is 9.78. The quantitative estimate of drug-likeness (QED) is 0.767. The molecule has 6 heteroatoms. The van der Waals surface area contributed by atoms with Gasteiger partial charge in [-0.1, -0.05) is 30.3 Å². The van der Waals surface area contributed by atoms with Crippen LogP contribution >= 0.6 is 0 Å². The van der Waals surface area contributed by atoms with Crippen molar-refractivity contribution in [3.05, 3.63) is 66.2 Å². The molecule has 1 atom stereocenters. The third kappa shape index (κ3) is 5.60. The molecule has 2 aromatic rings. The summed E-state index contributed by atoms with van der Waals surface area (Å²) in [6.45, 7) is 4.60. The summed E-state index contributed by atoms with van der Waals surface area (Å²) >= 11 is 0. The highest BCUT2D eigenvalue weighted by Gasteiger charge is 2.25. The van der Waals surface area contributed by atoms with Gasteiger partial charge in [0.1, 0.15) is 11.8 Å². The molecular formula is C23H27N3O3. The lowest BCUT2D eigenvalue weighted by atomic mass is 10.2. The molecule has 0 aromatic heterocycles. The number of benzene rings is 2. The fourth-order valence-electron chi connectivity index (χ4n) is 3.31. The van der Waals surface area contributed by atoms with Gasteiger partial charge in [0.05, 0.1) is 7.11 Å². The molecule has 2 aromatic carbocycles. The first-order valence-electron chi connectivity index (χ1n) is 9.78. The van der Waals surface area contributed by atoms with Crippen molar-refractivity contribution >= 4 is 23.6 Å². The highest BCUT2D eigenvalue weighted by molar-refractivity contribution is 5.95. The predicted octanol–water partition coefficient (Wildman–Crippen LogP) is 2.56. The number of amides is 2. The van der Waals surface area contributed by atoms with Crippen molar-refractivity contribution in [3.8, 4) is 5.75 Å². The lowest BCUT2D eigenvalue weighted by Gasteiger charge is -2.37. The number of piperazine rings is 1. The van der Waals surface area contributed by atoms with E-state index in [0.717, 1.165) is 24.4 Å². The maximum absolute atomic E-state index is 12.7. The van der Waals surface area contributed by atoms with Gasteiger partial charge in [-0.2, -0.15) is 0 Å². The molecule has 0 spiro atoms. The van der Waals surface area contributed by atoms with Crippen LogP contribution in [0.4, 0.5) is 5.69 Å². The Morgan fingerprint density at radius 2 is 1.66 bits per heavy atom. The molecule has 1 N–H and O–H groups in total. The molecule has 1 saturated heterocycles. The maximum Gasteiger partial charge on any atom is 0.244 e. The molecular weight excluding hydrogens is 366 g/mol. The Bertz CT molecular complexity index is 841. The summed E-state index contributed by atoms with van der Waals surface area (Å²) in [4.78, 5) is 28.9. The molecule has 0 bridgehead atoms. The van der Waals surface area contributed by atoms with E-state index in [4.69, 9.17) is 4.74 Å². The number of rotatable bonds is 6. The largest absolute Gasteiger partial charge is 0.497 e. The van der Waals surface area contributed by atoms with Crippen LogP contribution in [0.5, 0.6) is 5.75 Å². The van der Waals surface area contributed by atoms with Crippen LogP contribution in [0.25, 0.3) is 6.08 Å². The van der Waals surface area contributed by atoms with Gasteiger partial charge in [-0.15, -0.1) is 0 Å². The van der Waals surface area contributed by atoms with Gasteiger partial charge in [0.15, 0.2) is 0 Å². The molecule has 1 heterocycles. The number of nitrogens with zero attached hydrogens (tertiary/aromatic N) is 2. The summed E-state index contributed by atoms with van der Waals surface area (Å²) in [6.07, 6.45) is 3.16. The number of nitrogens with one attached hydrogen (secondary N) is 1. The fourth-order valence-corrected chi connectivity index (χ4v) is 3.31. The summed E-state index contributed by atoms with van der Waals surface area (Å²) in [5.74, 6) is 0.423. The first kappa shape index (κ1) is 20.5. The predicted molar refractivity (Wildman–Crippen MR) is 115 cm³/mol. The normalized spacial score (nSPS) is 15.2. The molecule has 3 rings (SSSR count). The van der Waals surface area contributed by atoms with Gasteiger partial charge < -0.3 is 19.9 Å². The second kappa shape index (κ2) is 9.78. The van der Waals surface area contributed by atoms with Crippen LogP contribution in [0.15, 0.2) is 60.7 Å². The number of ether oxygens (including phenoxy) is 1. The molecule has 0 radical (unpaired) electrons. The minimum absolute atomic E-state index is 0.0519. The summed E-state index contributed by atoms with van der Waals surface area (Å²) in [7, 11) is 1.61. The summed E-state index contributed by atoms with van der Waals surface area (Å²) in [6, 6.07) is 17.0. The van der Waals surface area contributed by atoms with E-state index in [9.17, 15) is 9.59 Å². The van der Waals surface area contributed by atoms with Crippen LogP contribution in [-0.4, -0.2) is 56.0 Å². The lowest BCUT2D eigenvalue weighted by molar-refractivity contribution is -0.135. The van der Waals surface area contributed by atoms with E-state index < -0.39 is 6.04 Å². The summed E-state index contributed by atoms with van der Waals surface area (Å²) < 4.78 is 5.11. The third-order valence-corrected chi connectivity index (χ3v) is 4.98. The van der Waals surface area contributed by atoms with Gasteiger partial charge in [0.2, 0.25) is 11.8 Å². The second-order valence-corrected chi connectivity index (χ2v) is 6.98. The van der Waals surface area contributed by atoms with Crippen molar-refractivity contribution in [2.75, 3.05) is 38.2 Å². The minimum atomic E-state index is -0.564. The molecule has 0 aliphatic carbocycles. The van der Waals surface area contributed by atoms with Gasteiger partial charge in [0, 0.05) is 37.9 Å². The van der Waals surface area contributed by atoms with Gasteiger partial charge in [-0.3, -0.25) is 9.59 Å². The van der Waals surface area contributed by atoms with Crippen LogP contribution < -0.4 is 15.0 Å². The van der Waals surface area contributed by atoms with Gasteiger partial charge in [-0.05, 0) is 42.8 Å². The molecule has 0 saturated carbocycles. The monoisotopic (exact) mass is 393 g/mol. The number of methoxy groups -OCH3 is 1. The number of para-hydroxylation sites is 1. The Kier molecular flexibility index (Phi) is 6.89. The number of anilines is 1. The van der Waals surface area contributed by atoms with Gasteiger partial charge >= 0.3 is 0 Å². The number of carbonyl (C=O) groups is 2. The Labute approximate surface area is 171 Å². The molecule has 152 valence electrons. The lowest BCUT2D eigenvalue weighted by Crippen LogP contribution is -2.54. The zero-order valence-corrected chi connectivity index (χ0v) is 16.9. The number of carbonyl (C=O) groups excluding carboxylic acids is 2. The Morgan fingerprint density at radius 1 is 1.00 bits per heavy atom. The standard InChI is InChI=1S/C23H27N3O3/c1-18(24-22(27)13-10-19-8-11-21(29-2)12-9-19)23(28)26-16-14-25(15-17-26)20-6-4-3-5-7-20/h3-13,18H,14-17H2,1-2H3,(H,24,27)/b13-10+. The average Bonchev–Trinajstić information content (AvgIpc) is 2.78. The second-order valence-electron chi connectivity index (χ2n) is 6.98. The van der Waals surface area contributed by atoms with E-state index in [1.807, 2.05) is 47.4 Å². The van der Waals surface area contributed by atoms with Crippen LogP contribution in [0.1, 0.15) is 12.5 Å². The Hall–Kier alpha value is -3.28. The van der Waals surface area contributed by atoms with E-state index in [1.165, 1.54) is 11.8 Å². The van der Waals surface area contributed by atoms with E-state index in [-0.39, 0.29) is 11.8 Å². The molecule has 1 fully saturated rings. The summed E-state index contributed by atoms with van der Waals surface area (Å²) in [5.41, 5.74) is 2.06. The van der Waals surface area contributed by atoms with E-state index in [0.29, 0.717) is 13.1 Å². The van der Waals surface area contributed by atoms with Crippen LogP contribution in [0.2, 0.25) is 0 Å². The fraction of sp³-hybridized carbons (Fsp3) is 0.304. The molecule has 6 nitrogen and oxygen atoms in total. The Balaban J connectivity index is 1.47. The van der Waals surface area contributed by atoms with Gasteiger partial charge in [0.25, 0.3) is 0 Å². The number of hydrogen-bond donors (Lipinski definition) is 1. The first-order chi connectivity index (χ1) is 14.1. The SMILES string of the molecule is COc1ccc(/C=C/C(=O)NC(C)C(=O)N2CCN(c3ccccc3)CC2)cc1. The van der Waals surface area contributed by atoms with E-state index >= 15 is 0 Å². The van der Waals surface area contributed by atoms with Crippen molar-refractivity contribution in [2.45, 2.75) is 13.0 Å². The average molecular weight is 393 g/mol. The highest BCUT2D eigenvalue weighted by atomic mass is 16.5. The van der Waals surface area contributed by atoms with Crippen LogP contribution in [-0.2, 0) is 9.59 Å². The zero-order valence-electron chi connectivity index (χ0n) is 16.9. The Morgan fingerprint density at radius 3 is 2.28 bits per heavy atom. The smallest absolute Gasteiger partial charge is 0.244 e. The summed E-state index contributed by atoms with van der Waals surface area (Å²) in [5, 5.41) is 2.76. The molecule has 2 amide bonds. The third-order valence-electron chi connectivity index (χ3n) is 4.98. The van der Waals surface area contributed by atoms with Crippen molar-refractivity contribution in [1.29, 1.82) is 0 Å². The molecule has 1 aliphatic rings. The molecule has 1 unspecified atom stereocenters. The van der Waals surface area contributed by atoms with Gasteiger partial charge in [-0.25, -0.2) is 0 Å². The van der Waals surface area contributed by atoms with E-state index in [2.05, 4.69) is 22.3 Å². The van der Waals surface area contributed by atoms with Crippen molar-refractivity contribution < 1.29 is 14.3 Å². The molecule has 29 heavy (non-hydrogen) atoms. The van der Waals surface area contributed by atoms with Crippen LogP contribution in [0, 0.1) is 0 Å². The maximum atomic E-state index is 12.7.